The number of aliphatic carboxylic acids is 1. The third kappa shape index (κ3) is 3.55. The Morgan fingerprint density at radius 1 is 1.12 bits per heavy atom. The van der Waals surface area contributed by atoms with Crippen LogP contribution in [-0.4, -0.2) is 35.8 Å². The Morgan fingerprint density at radius 2 is 1.58 bits per heavy atom. The van der Waals surface area contributed by atoms with Gasteiger partial charge in [0.15, 0.2) is 9.84 Å². The molecule has 0 spiro atoms. The fraction of sp³-hybridized carbons (Fsp3) is 0.789. The van der Waals surface area contributed by atoms with Crippen molar-refractivity contribution in [1.29, 1.82) is 0 Å². The molecule has 1 rings (SSSR count). The normalized spacial score (nSPS) is 26.3. The molecule has 150 valence electrons. The first-order valence-electron chi connectivity index (χ1n) is 8.79. The van der Waals surface area contributed by atoms with E-state index in [2.05, 4.69) is 0 Å². The summed E-state index contributed by atoms with van der Waals surface area (Å²) in [6.45, 7) is 14.8. The van der Waals surface area contributed by atoms with Crippen LogP contribution in [0.4, 0.5) is 0 Å². The number of hydrogen-bond donors (Lipinski definition) is 1. The predicted molar refractivity (Wildman–Crippen MR) is 100 cm³/mol. The Bertz CT molecular complexity index is 731. The Hall–Kier alpha value is -1.37. The summed E-state index contributed by atoms with van der Waals surface area (Å²) >= 11 is 0. The highest BCUT2D eigenvalue weighted by atomic mass is 32.2. The first kappa shape index (κ1) is 22.7. The maximum Gasteiger partial charge on any atom is 0.349 e. The van der Waals surface area contributed by atoms with Gasteiger partial charge in [0.1, 0.15) is 10.5 Å². The van der Waals surface area contributed by atoms with Crippen molar-refractivity contribution in [2.75, 3.05) is 0 Å². The number of carbonyl (C=O) groups excluding carboxylic acids is 1. The smallest absolute Gasteiger partial charge is 0.349 e. The molecule has 2 atom stereocenters. The van der Waals surface area contributed by atoms with E-state index in [0.717, 1.165) is 0 Å². The zero-order valence-electron chi connectivity index (χ0n) is 17.3. The molecular formula is C19H32O6S. The van der Waals surface area contributed by atoms with Crippen LogP contribution in [0.25, 0.3) is 0 Å². The van der Waals surface area contributed by atoms with Gasteiger partial charge in [0.2, 0.25) is 0 Å². The molecule has 0 amide bonds. The van der Waals surface area contributed by atoms with Crippen LogP contribution in [-0.2, 0) is 24.2 Å². The summed E-state index contributed by atoms with van der Waals surface area (Å²) in [6, 6.07) is 0. The molecule has 0 saturated heterocycles. The van der Waals surface area contributed by atoms with Gasteiger partial charge in [-0.2, -0.15) is 0 Å². The molecule has 0 aromatic heterocycles. The maximum atomic E-state index is 13.0. The van der Waals surface area contributed by atoms with Gasteiger partial charge in [-0.15, -0.1) is 0 Å². The molecule has 1 aliphatic carbocycles. The summed E-state index contributed by atoms with van der Waals surface area (Å²) in [5.74, 6) is -2.49. The average molecular weight is 389 g/mol. The molecule has 6 nitrogen and oxygen atoms in total. The van der Waals surface area contributed by atoms with E-state index in [1.165, 1.54) is 26.8 Å². The van der Waals surface area contributed by atoms with Crippen LogP contribution >= 0.6 is 0 Å². The van der Waals surface area contributed by atoms with E-state index in [0.29, 0.717) is 6.42 Å². The minimum absolute atomic E-state index is 0.341. The van der Waals surface area contributed by atoms with Crippen LogP contribution in [0.5, 0.6) is 0 Å². The molecule has 0 aliphatic heterocycles. The molecule has 0 heterocycles. The number of ether oxygens (including phenoxy) is 1. The van der Waals surface area contributed by atoms with Gasteiger partial charge < -0.3 is 9.84 Å². The lowest BCUT2D eigenvalue weighted by Crippen LogP contribution is -2.35. The molecule has 0 aromatic rings. The molecule has 1 N–H and O–H groups in total. The van der Waals surface area contributed by atoms with Crippen LogP contribution in [0.3, 0.4) is 0 Å². The largest absolute Gasteiger partial charge is 0.481 e. The molecule has 7 heteroatoms. The highest BCUT2D eigenvalue weighted by Gasteiger charge is 2.74. The zero-order valence-corrected chi connectivity index (χ0v) is 18.1. The van der Waals surface area contributed by atoms with E-state index < -0.39 is 53.8 Å². The summed E-state index contributed by atoms with van der Waals surface area (Å²) in [5, 5.41) is 9.72. The number of carboxylic acids is 1. The SMILES string of the molecule is CCC1(C(=O)O)C(C=C(C(=O)OC(C)(C)C)S(=O)(=O)C(C)(C)C)C1(C)C. The van der Waals surface area contributed by atoms with Gasteiger partial charge >= 0.3 is 11.9 Å². The first-order valence-corrected chi connectivity index (χ1v) is 10.3. The van der Waals surface area contributed by atoms with Crippen LogP contribution in [0, 0.1) is 16.7 Å². The van der Waals surface area contributed by atoms with E-state index in [9.17, 15) is 23.1 Å². The number of carbonyl (C=O) groups is 2. The zero-order chi connectivity index (χ0) is 20.9. The molecule has 0 bridgehead atoms. The Labute approximate surface area is 156 Å². The highest BCUT2D eigenvalue weighted by Crippen LogP contribution is 2.71. The summed E-state index contributed by atoms with van der Waals surface area (Å²) in [5.41, 5.74) is -2.61. The van der Waals surface area contributed by atoms with Crippen LogP contribution in [0.1, 0.15) is 68.7 Å². The monoisotopic (exact) mass is 388 g/mol. The predicted octanol–water partition coefficient (Wildman–Crippen LogP) is 3.56. The molecule has 0 radical (unpaired) electrons. The van der Waals surface area contributed by atoms with Crippen molar-refractivity contribution in [1.82, 2.24) is 0 Å². The van der Waals surface area contributed by atoms with E-state index >= 15 is 0 Å². The van der Waals surface area contributed by atoms with Crippen LogP contribution in [0.15, 0.2) is 11.0 Å². The van der Waals surface area contributed by atoms with E-state index in [4.69, 9.17) is 4.74 Å². The van der Waals surface area contributed by atoms with Crippen LogP contribution in [0.2, 0.25) is 0 Å². The summed E-state index contributed by atoms with van der Waals surface area (Å²) in [6.07, 6.45) is 1.65. The molecule has 1 aliphatic rings. The summed E-state index contributed by atoms with van der Waals surface area (Å²) in [7, 11) is -4.01. The van der Waals surface area contributed by atoms with Crippen molar-refractivity contribution in [3.05, 3.63) is 11.0 Å². The van der Waals surface area contributed by atoms with Crippen molar-refractivity contribution in [3.8, 4) is 0 Å². The average Bonchev–Trinajstić information content (AvgIpc) is 2.87. The number of allylic oxidation sites excluding steroid dienone is 1. The minimum Gasteiger partial charge on any atom is -0.481 e. The van der Waals surface area contributed by atoms with E-state index in [1.54, 1.807) is 41.5 Å². The Kier molecular flexibility index (Phi) is 5.54. The Morgan fingerprint density at radius 3 is 1.85 bits per heavy atom. The summed E-state index contributed by atoms with van der Waals surface area (Å²) < 4.78 is 30.1. The van der Waals surface area contributed by atoms with Crippen molar-refractivity contribution in [2.24, 2.45) is 16.7 Å². The van der Waals surface area contributed by atoms with E-state index in [-0.39, 0.29) is 0 Å². The van der Waals surface area contributed by atoms with Crippen molar-refractivity contribution in [3.63, 3.8) is 0 Å². The third-order valence-electron chi connectivity index (χ3n) is 5.33. The fourth-order valence-electron chi connectivity index (χ4n) is 3.56. The fourth-order valence-corrected chi connectivity index (χ4v) is 4.79. The molecule has 1 fully saturated rings. The van der Waals surface area contributed by atoms with Crippen molar-refractivity contribution >= 4 is 21.8 Å². The van der Waals surface area contributed by atoms with Gasteiger partial charge in [0.05, 0.1) is 10.2 Å². The third-order valence-corrected chi connectivity index (χ3v) is 7.82. The summed E-state index contributed by atoms with van der Waals surface area (Å²) in [4.78, 5) is 24.1. The molecule has 1 saturated carbocycles. The Balaban J connectivity index is 3.56. The van der Waals surface area contributed by atoms with Gasteiger partial charge in [-0.05, 0) is 53.4 Å². The second kappa shape index (κ2) is 6.36. The number of carboxylic acid groups (broad SMARTS) is 1. The lowest BCUT2D eigenvalue weighted by Gasteiger charge is -2.24. The lowest BCUT2D eigenvalue weighted by atomic mass is 9.93. The minimum atomic E-state index is -4.01. The lowest BCUT2D eigenvalue weighted by molar-refractivity contribution is -0.149. The molecule has 26 heavy (non-hydrogen) atoms. The topological polar surface area (TPSA) is 97.7 Å². The van der Waals surface area contributed by atoms with Gasteiger partial charge in [-0.25, -0.2) is 13.2 Å². The number of sulfone groups is 1. The first-order chi connectivity index (χ1) is 11.4. The van der Waals surface area contributed by atoms with Gasteiger partial charge in [0.25, 0.3) is 0 Å². The molecule has 0 aromatic carbocycles. The second-order valence-corrected chi connectivity index (χ2v) is 12.1. The standard InChI is InChI=1S/C19H32O6S/c1-10-19(15(21)22)13(18(19,8)9)11-12(14(20)25-16(2,3)4)26(23,24)17(5,6)7/h11,13H,10H2,1-9H3,(H,21,22). The number of hydrogen-bond acceptors (Lipinski definition) is 5. The van der Waals surface area contributed by atoms with Gasteiger partial charge in [0, 0.05) is 5.92 Å². The van der Waals surface area contributed by atoms with Crippen molar-refractivity contribution < 1.29 is 27.9 Å². The quantitative estimate of drug-likeness (QED) is 0.571. The van der Waals surface area contributed by atoms with Gasteiger partial charge in [-0.3, -0.25) is 4.79 Å². The van der Waals surface area contributed by atoms with Gasteiger partial charge in [-0.1, -0.05) is 26.8 Å². The van der Waals surface area contributed by atoms with Crippen LogP contribution < -0.4 is 0 Å². The van der Waals surface area contributed by atoms with Crippen molar-refractivity contribution in [2.45, 2.75) is 79.1 Å². The second-order valence-electron chi connectivity index (χ2n) is 9.48. The highest BCUT2D eigenvalue weighted by molar-refractivity contribution is 7.97. The maximum absolute atomic E-state index is 13.0. The molecular weight excluding hydrogens is 356 g/mol. The number of esters is 1. The number of rotatable bonds is 5. The molecule has 2 unspecified atom stereocenters. The van der Waals surface area contributed by atoms with E-state index in [1.807, 2.05) is 0 Å².